The standard InChI is InChI=1S/C13H24N2O3/c1-9(13(2,3)4)14(5)12(18)15(8-11(16)17)10-6-7-10/h9-10H,6-8H2,1-5H3,(H,16,17). The van der Waals surface area contributed by atoms with Gasteiger partial charge < -0.3 is 14.9 Å². The van der Waals surface area contributed by atoms with Crippen molar-refractivity contribution in [3.8, 4) is 0 Å². The Hall–Kier alpha value is -1.26. The molecule has 2 amide bonds. The number of carboxylic acid groups (broad SMARTS) is 1. The topological polar surface area (TPSA) is 60.9 Å². The minimum Gasteiger partial charge on any atom is -0.480 e. The first-order chi connectivity index (χ1) is 8.14. The van der Waals surface area contributed by atoms with Crippen LogP contribution in [-0.2, 0) is 4.79 Å². The number of hydrogen-bond acceptors (Lipinski definition) is 2. The van der Waals surface area contributed by atoms with E-state index in [2.05, 4.69) is 20.8 Å². The van der Waals surface area contributed by atoms with Crippen molar-refractivity contribution in [1.29, 1.82) is 0 Å². The Morgan fingerprint density at radius 2 is 1.83 bits per heavy atom. The molecule has 1 aliphatic rings. The highest BCUT2D eigenvalue weighted by Crippen LogP contribution is 2.29. The van der Waals surface area contributed by atoms with Gasteiger partial charge in [0.15, 0.2) is 0 Å². The normalized spacial score (nSPS) is 17.2. The molecule has 0 aromatic carbocycles. The Morgan fingerprint density at radius 3 is 2.17 bits per heavy atom. The largest absolute Gasteiger partial charge is 0.480 e. The van der Waals surface area contributed by atoms with E-state index >= 15 is 0 Å². The van der Waals surface area contributed by atoms with Crippen LogP contribution in [0.25, 0.3) is 0 Å². The summed E-state index contributed by atoms with van der Waals surface area (Å²) in [5.74, 6) is -0.952. The van der Waals surface area contributed by atoms with Gasteiger partial charge in [0.25, 0.3) is 0 Å². The molecule has 1 saturated carbocycles. The van der Waals surface area contributed by atoms with Crippen LogP contribution in [-0.4, -0.2) is 52.6 Å². The number of aliphatic carboxylic acids is 1. The lowest BCUT2D eigenvalue weighted by Crippen LogP contribution is -2.51. The van der Waals surface area contributed by atoms with Gasteiger partial charge in [-0.25, -0.2) is 4.79 Å². The molecule has 0 heterocycles. The molecule has 1 N–H and O–H groups in total. The second-order valence-electron chi connectivity index (χ2n) is 6.19. The summed E-state index contributed by atoms with van der Waals surface area (Å²) in [5.41, 5.74) is -0.0249. The lowest BCUT2D eigenvalue weighted by molar-refractivity contribution is -0.137. The third-order valence-electron chi connectivity index (χ3n) is 3.67. The van der Waals surface area contributed by atoms with Crippen LogP contribution < -0.4 is 0 Å². The van der Waals surface area contributed by atoms with Gasteiger partial charge in [0.1, 0.15) is 6.54 Å². The van der Waals surface area contributed by atoms with Crippen molar-refractivity contribution in [1.82, 2.24) is 9.80 Å². The van der Waals surface area contributed by atoms with Crippen LogP contribution in [0.2, 0.25) is 0 Å². The van der Waals surface area contributed by atoms with Gasteiger partial charge in [-0.2, -0.15) is 0 Å². The summed E-state index contributed by atoms with van der Waals surface area (Å²) in [6, 6.07) is -0.00871. The first kappa shape index (κ1) is 14.8. The Kier molecular flexibility index (Phi) is 4.24. The van der Waals surface area contributed by atoms with Gasteiger partial charge in [-0.15, -0.1) is 0 Å². The van der Waals surface area contributed by atoms with Gasteiger partial charge in [0.05, 0.1) is 0 Å². The number of carbonyl (C=O) groups excluding carboxylic acids is 1. The molecular weight excluding hydrogens is 232 g/mol. The molecule has 1 rings (SSSR count). The monoisotopic (exact) mass is 256 g/mol. The molecule has 18 heavy (non-hydrogen) atoms. The molecule has 0 radical (unpaired) electrons. The average molecular weight is 256 g/mol. The van der Waals surface area contributed by atoms with Crippen LogP contribution in [0, 0.1) is 5.41 Å². The number of carboxylic acids is 1. The van der Waals surface area contributed by atoms with E-state index in [-0.39, 0.29) is 30.1 Å². The van der Waals surface area contributed by atoms with Crippen molar-refractivity contribution in [2.45, 2.75) is 52.6 Å². The van der Waals surface area contributed by atoms with Crippen molar-refractivity contribution in [2.24, 2.45) is 5.41 Å². The van der Waals surface area contributed by atoms with Crippen molar-refractivity contribution in [3.63, 3.8) is 0 Å². The van der Waals surface area contributed by atoms with Crippen molar-refractivity contribution >= 4 is 12.0 Å². The molecule has 5 heteroatoms. The molecule has 5 nitrogen and oxygen atoms in total. The van der Waals surface area contributed by atoms with E-state index in [1.54, 1.807) is 11.9 Å². The van der Waals surface area contributed by atoms with E-state index in [0.29, 0.717) is 0 Å². The highest BCUT2D eigenvalue weighted by atomic mass is 16.4. The van der Waals surface area contributed by atoms with Crippen LogP contribution in [0.15, 0.2) is 0 Å². The Bertz CT molecular complexity index is 332. The lowest BCUT2D eigenvalue weighted by atomic mass is 9.87. The van der Waals surface area contributed by atoms with Crippen molar-refractivity contribution < 1.29 is 14.7 Å². The molecule has 0 aromatic heterocycles. The van der Waals surface area contributed by atoms with E-state index in [1.165, 1.54) is 4.90 Å². The van der Waals surface area contributed by atoms with E-state index in [1.807, 2.05) is 6.92 Å². The van der Waals surface area contributed by atoms with Gasteiger partial charge in [-0.3, -0.25) is 4.79 Å². The average Bonchev–Trinajstić information content (AvgIpc) is 3.05. The van der Waals surface area contributed by atoms with Gasteiger partial charge in [0, 0.05) is 19.1 Å². The zero-order chi connectivity index (χ0) is 14.1. The molecule has 0 aromatic rings. The zero-order valence-corrected chi connectivity index (χ0v) is 11.9. The first-order valence-electron chi connectivity index (χ1n) is 6.39. The van der Waals surface area contributed by atoms with Gasteiger partial charge in [0.2, 0.25) is 0 Å². The maximum absolute atomic E-state index is 12.3. The summed E-state index contributed by atoms with van der Waals surface area (Å²) in [7, 11) is 1.75. The molecule has 1 fully saturated rings. The number of carbonyl (C=O) groups is 2. The Morgan fingerprint density at radius 1 is 1.33 bits per heavy atom. The zero-order valence-electron chi connectivity index (χ0n) is 11.9. The highest BCUT2D eigenvalue weighted by Gasteiger charge is 2.37. The third-order valence-corrected chi connectivity index (χ3v) is 3.67. The summed E-state index contributed by atoms with van der Waals surface area (Å²) >= 11 is 0. The molecule has 0 bridgehead atoms. The molecular formula is C13H24N2O3. The summed E-state index contributed by atoms with van der Waals surface area (Å²) < 4.78 is 0. The second kappa shape index (κ2) is 5.16. The number of rotatable bonds is 4. The second-order valence-corrected chi connectivity index (χ2v) is 6.19. The van der Waals surface area contributed by atoms with E-state index in [0.717, 1.165) is 12.8 Å². The minimum absolute atomic E-state index is 0.0249. The lowest BCUT2D eigenvalue weighted by Gasteiger charge is -2.38. The van der Waals surface area contributed by atoms with Crippen LogP contribution >= 0.6 is 0 Å². The Labute approximate surface area is 109 Å². The SMILES string of the molecule is CC(N(C)C(=O)N(CC(=O)O)C1CC1)C(C)(C)C. The molecule has 1 atom stereocenters. The summed E-state index contributed by atoms with van der Waals surface area (Å²) in [5, 5.41) is 8.88. The van der Waals surface area contributed by atoms with Crippen LogP contribution in [0.1, 0.15) is 40.5 Å². The number of amides is 2. The van der Waals surface area contributed by atoms with Crippen LogP contribution in [0.4, 0.5) is 4.79 Å². The summed E-state index contributed by atoms with van der Waals surface area (Å²) in [6.07, 6.45) is 1.83. The Balaban J connectivity index is 2.73. The quantitative estimate of drug-likeness (QED) is 0.837. The van der Waals surface area contributed by atoms with E-state index in [4.69, 9.17) is 5.11 Å². The van der Waals surface area contributed by atoms with Gasteiger partial charge in [-0.05, 0) is 25.2 Å². The molecule has 1 aliphatic carbocycles. The fourth-order valence-electron chi connectivity index (χ4n) is 1.83. The van der Waals surface area contributed by atoms with Gasteiger partial charge >= 0.3 is 12.0 Å². The molecule has 1 unspecified atom stereocenters. The maximum atomic E-state index is 12.3. The molecule has 0 aliphatic heterocycles. The number of hydrogen-bond donors (Lipinski definition) is 1. The minimum atomic E-state index is -0.952. The predicted molar refractivity (Wildman–Crippen MR) is 69.4 cm³/mol. The fraction of sp³-hybridized carbons (Fsp3) is 0.846. The molecule has 104 valence electrons. The van der Waals surface area contributed by atoms with E-state index in [9.17, 15) is 9.59 Å². The molecule has 0 saturated heterocycles. The summed E-state index contributed by atoms with van der Waals surface area (Å²) in [6.45, 7) is 7.99. The van der Waals surface area contributed by atoms with Crippen LogP contribution in [0.5, 0.6) is 0 Å². The molecule has 0 spiro atoms. The van der Waals surface area contributed by atoms with Crippen molar-refractivity contribution in [3.05, 3.63) is 0 Å². The number of nitrogens with zero attached hydrogens (tertiary/aromatic N) is 2. The fourth-order valence-corrected chi connectivity index (χ4v) is 1.83. The maximum Gasteiger partial charge on any atom is 0.323 e. The van der Waals surface area contributed by atoms with Crippen molar-refractivity contribution in [2.75, 3.05) is 13.6 Å². The smallest absolute Gasteiger partial charge is 0.323 e. The van der Waals surface area contributed by atoms with E-state index < -0.39 is 5.97 Å². The predicted octanol–water partition coefficient (Wildman–Crippen LogP) is 2.02. The van der Waals surface area contributed by atoms with Gasteiger partial charge in [-0.1, -0.05) is 20.8 Å². The summed E-state index contributed by atoms with van der Waals surface area (Å²) in [4.78, 5) is 26.3. The highest BCUT2D eigenvalue weighted by molar-refractivity contribution is 5.80. The van der Waals surface area contributed by atoms with Crippen LogP contribution in [0.3, 0.4) is 0 Å². The number of urea groups is 1. The third kappa shape index (κ3) is 3.62. The first-order valence-corrected chi connectivity index (χ1v) is 6.39.